The molecule has 0 unspecified atom stereocenters. The Morgan fingerprint density at radius 2 is 2.04 bits per heavy atom. The Balaban J connectivity index is 1.84. The minimum atomic E-state index is -0.952. The van der Waals surface area contributed by atoms with Gasteiger partial charge in [-0.05, 0) is 44.5 Å². The van der Waals surface area contributed by atoms with Crippen LogP contribution in [-0.4, -0.2) is 36.5 Å². The van der Waals surface area contributed by atoms with Crippen molar-refractivity contribution in [1.29, 1.82) is 0 Å². The number of esters is 1. The van der Waals surface area contributed by atoms with Gasteiger partial charge in [0.05, 0.1) is 6.61 Å². The van der Waals surface area contributed by atoms with Gasteiger partial charge in [-0.15, -0.1) is 0 Å². The first-order chi connectivity index (χ1) is 11.0. The van der Waals surface area contributed by atoms with Crippen LogP contribution in [0.25, 0.3) is 0 Å². The Morgan fingerprint density at radius 3 is 2.61 bits per heavy atom. The van der Waals surface area contributed by atoms with Gasteiger partial charge in [-0.1, -0.05) is 0 Å². The number of ether oxygens (including phenoxy) is 2. The van der Waals surface area contributed by atoms with Crippen LogP contribution in [0.5, 0.6) is 5.75 Å². The molecule has 23 heavy (non-hydrogen) atoms. The maximum atomic E-state index is 12.0. The Labute approximate surface area is 134 Å². The van der Waals surface area contributed by atoms with Crippen LogP contribution in [0.15, 0.2) is 24.3 Å². The molecule has 2 rings (SSSR count). The molecule has 0 spiro atoms. The van der Waals surface area contributed by atoms with Gasteiger partial charge >= 0.3 is 5.97 Å². The molecule has 7 heteroatoms. The summed E-state index contributed by atoms with van der Waals surface area (Å²) in [7, 11) is 0. The van der Waals surface area contributed by atoms with Crippen LogP contribution < -0.4 is 15.4 Å². The van der Waals surface area contributed by atoms with Gasteiger partial charge in [-0.25, -0.2) is 4.79 Å². The zero-order valence-electron chi connectivity index (χ0n) is 13.1. The van der Waals surface area contributed by atoms with E-state index in [1.54, 1.807) is 24.3 Å². The standard InChI is InChI=1S/C16H20N2O5/c1-3-22-12-6-4-11(5-7-12)17-15(20)10(2)23-16(21)13-8-9-14(19)18-13/h4-7,10,13H,3,8-9H2,1-2H3,(H,17,20)(H,18,19)/t10-,13+/m1/s1. The summed E-state index contributed by atoms with van der Waals surface area (Å²) in [4.78, 5) is 35.0. The van der Waals surface area contributed by atoms with Crippen molar-refractivity contribution in [3.63, 3.8) is 0 Å². The lowest BCUT2D eigenvalue weighted by atomic mass is 10.2. The van der Waals surface area contributed by atoms with Crippen molar-refractivity contribution in [2.75, 3.05) is 11.9 Å². The maximum absolute atomic E-state index is 12.0. The van der Waals surface area contributed by atoms with Gasteiger partial charge in [0.15, 0.2) is 6.10 Å². The first-order valence-corrected chi connectivity index (χ1v) is 7.53. The van der Waals surface area contributed by atoms with E-state index in [9.17, 15) is 14.4 Å². The Bertz CT molecular complexity index is 585. The summed E-state index contributed by atoms with van der Waals surface area (Å²) in [6, 6.07) is 6.22. The third-order valence-electron chi connectivity index (χ3n) is 3.37. The second-order valence-electron chi connectivity index (χ2n) is 5.18. The number of carbonyl (C=O) groups is 3. The molecule has 1 saturated heterocycles. The zero-order chi connectivity index (χ0) is 16.8. The number of hydrogen-bond acceptors (Lipinski definition) is 5. The van der Waals surface area contributed by atoms with Gasteiger partial charge in [-0.3, -0.25) is 9.59 Å². The first-order valence-electron chi connectivity index (χ1n) is 7.53. The van der Waals surface area contributed by atoms with Crippen LogP contribution in [0.1, 0.15) is 26.7 Å². The maximum Gasteiger partial charge on any atom is 0.329 e. The fourth-order valence-corrected chi connectivity index (χ4v) is 2.15. The van der Waals surface area contributed by atoms with E-state index in [0.29, 0.717) is 30.9 Å². The Kier molecular flexibility index (Phi) is 5.56. The van der Waals surface area contributed by atoms with Crippen LogP contribution in [0.3, 0.4) is 0 Å². The molecule has 1 aliphatic heterocycles. The fraction of sp³-hybridized carbons (Fsp3) is 0.438. The van der Waals surface area contributed by atoms with Crippen LogP contribution in [0, 0.1) is 0 Å². The van der Waals surface area contributed by atoms with E-state index in [1.165, 1.54) is 6.92 Å². The average Bonchev–Trinajstić information content (AvgIpc) is 2.96. The predicted octanol–water partition coefficient (Wildman–Crippen LogP) is 1.23. The minimum absolute atomic E-state index is 0.182. The molecule has 0 bridgehead atoms. The summed E-state index contributed by atoms with van der Waals surface area (Å²) in [6.07, 6.45) is -0.260. The summed E-state index contributed by atoms with van der Waals surface area (Å²) in [6.45, 7) is 3.94. The van der Waals surface area contributed by atoms with Crippen LogP contribution in [0.4, 0.5) is 5.69 Å². The van der Waals surface area contributed by atoms with Gasteiger partial charge in [0, 0.05) is 12.1 Å². The van der Waals surface area contributed by atoms with Crippen molar-refractivity contribution in [2.24, 2.45) is 0 Å². The molecule has 1 heterocycles. The van der Waals surface area contributed by atoms with E-state index < -0.39 is 24.0 Å². The van der Waals surface area contributed by atoms with E-state index in [1.807, 2.05) is 6.92 Å². The quantitative estimate of drug-likeness (QED) is 0.769. The summed E-state index contributed by atoms with van der Waals surface area (Å²) >= 11 is 0. The average molecular weight is 320 g/mol. The predicted molar refractivity (Wildman–Crippen MR) is 83.0 cm³/mol. The molecule has 7 nitrogen and oxygen atoms in total. The van der Waals surface area contributed by atoms with Crippen LogP contribution in [-0.2, 0) is 19.1 Å². The summed E-state index contributed by atoms with van der Waals surface area (Å²) in [5.41, 5.74) is 0.579. The number of anilines is 1. The highest BCUT2D eigenvalue weighted by Crippen LogP contribution is 2.16. The molecule has 1 aliphatic rings. The molecule has 0 radical (unpaired) electrons. The third-order valence-corrected chi connectivity index (χ3v) is 3.37. The van der Waals surface area contributed by atoms with Crippen molar-refractivity contribution in [3.05, 3.63) is 24.3 Å². The van der Waals surface area contributed by atoms with E-state index in [2.05, 4.69) is 10.6 Å². The monoisotopic (exact) mass is 320 g/mol. The molecule has 124 valence electrons. The lowest BCUT2D eigenvalue weighted by Crippen LogP contribution is -2.39. The second-order valence-corrected chi connectivity index (χ2v) is 5.18. The highest BCUT2D eigenvalue weighted by molar-refractivity contribution is 5.96. The lowest BCUT2D eigenvalue weighted by Gasteiger charge is -2.16. The van der Waals surface area contributed by atoms with Gasteiger partial charge in [-0.2, -0.15) is 0 Å². The van der Waals surface area contributed by atoms with Crippen LogP contribution in [0.2, 0.25) is 0 Å². The molecule has 1 aromatic rings. The van der Waals surface area contributed by atoms with Gasteiger partial charge in [0.2, 0.25) is 5.91 Å². The fourth-order valence-electron chi connectivity index (χ4n) is 2.15. The second kappa shape index (κ2) is 7.62. The molecule has 0 aromatic heterocycles. The van der Waals surface area contributed by atoms with Crippen molar-refractivity contribution in [3.8, 4) is 5.75 Å². The topological polar surface area (TPSA) is 93.7 Å². The van der Waals surface area contributed by atoms with Crippen molar-refractivity contribution < 1.29 is 23.9 Å². The van der Waals surface area contributed by atoms with Crippen LogP contribution >= 0.6 is 0 Å². The Hall–Kier alpha value is -2.57. The highest BCUT2D eigenvalue weighted by Gasteiger charge is 2.30. The molecule has 1 aromatic carbocycles. The lowest BCUT2D eigenvalue weighted by molar-refractivity contribution is -0.155. The first kappa shape index (κ1) is 16.8. The largest absolute Gasteiger partial charge is 0.494 e. The number of nitrogens with one attached hydrogen (secondary N) is 2. The number of amides is 2. The number of hydrogen-bond donors (Lipinski definition) is 2. The van der Waals surface area contributed by atoms with Crippen molar-refractivity contribution >= 4 is 23.5 Å². The highest BCUT2D eigenvalue weighted by atomic mass is 16.5. The molecule has 0 saturated carbocycles. The number of benzene rings is 1. The van der Waals surface area contributed by atoms with Gasteiger partial charge < -0.3 is 20.1 Å². The molecule has 2 atom stereocenters. The zero-order valence-corrected chi connectivity index (χ0v) is 13.1. The molecule has 2 amide bonds. The summed E-state index contributed by atoms with van der Waals surface area (Å²) in [5, 5.41) is 5.16. The van der Waals surface area contributed by atoms with E-state index in [4.69, 9.17) is 9.47 Å². The van der Waals surface area contributed by atoms with Gasteiger partial charge in [0.1, 0.15) is 11.8 Å². The minimum Gasteiger partial charge on any atom is -0.494 e. The number of carbonyl (C=O) groups excluding carboxylic acids is 3. The SMILES string of the molecule is CCOc1ccc(NC(=O)[C@@H](C)OC(=O)[C@@H]2CCC(=O)N2)cc1. The number of rotatable bonds is 6. The molecular formula is C16H20N2O5. The molecule has 2 N–H and O–H groups in total. The summed E-state index contributed by atoms with van der Waals surface area (Å²) < 4.78 is 10.4. The van der Waals surface area contributed by atoms with Crippen molar-refractivity contribution in [1.82, 2.24) is 5.32 Å². The molecule has 0 aliphatic carbocycles. The van der Waals surface area contributed by atoms with Crippen molar-refractivity contribution in [2.45, 2.75) is 38.8 Å². The molecule has 1 fully saturated rings. The summed E-state index contributed by atoms with van der Waals surface area (Å²) in [5.74, 6) is -0.502. The van der Waals surface area contributed by atoms with E-state index in [0.717, 1.165) is 0 Å². The van der Waals surface area contributed by atoms with E-state index >= 15 is 0 Å². The smallest absolute Gasteiger partial charge is 0.329 e. The third kappa shape index (κ3) is 4.70. The molecular weight excluding hydrogens is 300 g/mol. The van der Waals surface area contributed by atoms with Gasteiger partial charge in [0.25, 0.3) is 5.91 Å². The normalized spacial score (nSPS) is 18.0. The Morgan fingerprint density at radius 1 is 1.35 bits per heavy atom. The van der Waals surface area contributed by atoms with E-state index in [-0.39, 0.29) is 5.91 Å².